The van der Waals surface area contributed by atoms with Crippen LogP contribution in [0.5, 0.6) is 0 Å². The first kappa shape index (κ1) is 22.1. The number of piperidine rings is 1. The van der Waals surface area contributed by atoms with E-state index in [2.05, 4.69) is 33.0 Å². The van der Waals surface area contributed by atoms with Gasteiger partial charge in [0.05, 0.1) is 15.6 Å². The zero-order valence-electron chi connectivity index (χ0n) is 17.9. The largest absolute Gasteiger partial charge is 0.366 e. The normalized spacial score (nSPS) is 15.2. The average Bonchev–Trinajstić information content (AvgIpc) is 2.69. The molecule has 1 aliphatic rings. The number of hydrogen-bond donors (Lipinski definition) is 1. The number of nitro groups is 1. The Labute approximate surface area is 182 Å². The third kappa shape index (κ3) is 4.93. The van der Waals surface area contributed by atoms with Crippen molar-refractivity contribution in [2.75, 3.05) is 23.3 Å². The first-order valence-corrected chi connectivity index (χ1v) is 10.6. The maximum Gasteiger partial charge on any atom is 0.294 e. The molecule has 1 amide bonds. The number of nitro benzene ring substituents is 1. The van der Waals surface area contributed by atoms with Gasteiger partial charge in [0.1, 0.15) is 5.69 Å². The summed E-state index contributed by atoms with van der Waals surface area (Å²) >= 11 is 6.29. The van der Waals surface area contributed by atoms with E-state index >= 15 is 0 Å². The molecule has 30 heavy (non-hydrogen) atoms. The number of nitrogens with zero attached hydrogens (tertiary/aromatic N) is 2. The van der Waals surface area contributed by atoms with Gasteiger partial charge in [-0.15, -0.1) is 0 Å². The number of carbonyl (C=O) groups is 1. The zero-order valence-corrected chi connectivity index (χ0v) is 18.6. The summed E-state index contributed by atoms with van der Waals surface area (Å²) in [4.78, 5) is 25.9. The molecular formula is C23H28ClN3O3. The van der Waals surface area contributed by atoms with Crippen LogP contribution in [0, 0.1) is 16.0 Å². The molecule has 1 heterocycles. The van der Waals surface area contributed by atoms with Gasteiger partial charge in [-0.3, -0.25) is 14.9 Å². The highest BCUT2D eigenvalue weighted by molar-refractivity contribution is 6.34. The van der Waals surface area contributed by atoms with Gasteiger partial charge in [-0.2, -0.15) is 0 Å². The lowest BCUT2D eigenvalue weighted by atomic mass is 9.87. The Morgan fingerprint density at radius 3 is 2.30 bits per heavy atom. The highest BCUT2D eigenvalue weighted by Crippen LogP contribution is 2.38. The van der Waals surface area contributed by atoms with Crippen LogP contribution in [-0.4, -0.2) is 23.9 Å². The molecule has 160 valence electrons. The van der Waals surface area contributed by atoms with Gasteiger partial charge in [0.15, 0.2) is 0 Å². The smallest absolute Gasteiger partial charge is 0.294 e. The minimum Gasteiger partial charge on any atom is -0.366 e. The first-order valence-electron chi connectivity index (χ1n) is 10.2. The fourth-order valence-electron chi connectivity index (χ4n) is 3.61. The molecule has 0 aromatic heterocycles. The quantitative estimate of drug-likeness (QED) is 0.475. The van der Waals surface area contributed by atoms with E-state index in [4.69, 9.17) is 11.6 Å². The monoisotopic (exact) mass is 429 g/mol. The molecule has 1 fully saturated rings. The molecule has 0 saturated carbocycles. The van der Waals surface area contributed by atoms with Crippen LogP contribution >= 0.6 is 11.6 Å². The van der Waals surface area contributed by atoms with Gasteiger partial charge in [0.2, 0.25) is 0 Å². The molecule has 0 spiro atoms. The fraction of sp³-hybridized carbons (Fsp3) is 0.435. The molecular weight excluding hydrogens is 402 g/mol. The van der Waals surface area contributed by atoms with Crippen LogP contribution < -0.4 is 10.2 Å². The van der Waals surface area contributed by atoms with E-state index in [9.17, 15) is 14.9 Å². The van der Waals surface area contributed by atoms with Crippen molar-refractivity contribution in [2.24, 2.45) is 5.92 Å². The SMILES string of the molecule is CC1CCN(c2cc(NC(=O)c3ccc(C(C)(C)C)cc3)c(Cl)cc2[N+](=O)[O-])CC1. The summed E-state index contributed by atoms with van der Waals surface area (Å²) in [5, 5.41) is 14.5. The summed E-state index contributed by atoms with van der Waals surface area (Å²) in [6, 6.07) is 10.4. The standard InChI is InChI=1S/C23H28ClN3O3/c1-15-9-11-26(12-10-15)20-14-19(18(24)13-21(20)27(29)30)25-22(28)16-5-7-17(8-6-16)23(2,3)4/h5-8,13-15H,9-12H2,1-4H3,(H,25,28). The summed E-state index contributed by atoms with van der Waals surface area (Å²) in [5.74, 6) is 0.298. The van der Waals surface area contributed by atoms with E-state index in [1.807, 2.05) is 17.0 Å². The summed E-state index contributed by atoms with van der Waals surface area (Å²) in [6.45, 7) is 10.0. The number of amides is 1. The molecule has 0 atom stereocenters. The lowest BCUT2D eigenvalue weighted by Gasteiger charge is -2.32. The van der Waals surface area contributed by atoms with Crippen molar-refractivity contribution >= 4 is 34.6 Å². The third-order valence-electron chi connectivity index (χ3n) is 5.65. The second kappa shape index (κ2) is 8.64. The second-order valence-corrected chi connectivity index (χ2v) is 9.44. The lowest BCUT2D eigenvalue weighted by Crippen LogP contribution is -2.33. The molecule has 1 N–H and O–H groups in total. The number of halogens is 1. The first-order chi connectivity index (χ1) is 14.1. The Hall–Kier alpha value is -2.60. The summed E-state index contributed by atoms with van der Waals surface area (Å²) < 4.78 is 0. The van der Waals surface area contributed by atoms with Crippen LogP contribution in [-0.2, 0) is 5.41 Å². The Morgan fingerprint density at radius 1 is 1.17 bits per heavy atom. The predicted octanol–water partition coefficient (Wildman–Crippen LogP) is 6.03. The van der Waals surface area contributed by atoms with Gasteiger partial charge < -0.3 is 10.2 Å². The van der Waals surface area contributed by atoms with E-state index in [1.54, 1.807) is 18.2 Å². The fourth-order valence-corrected chi connectivity index (χ4v) is 3.82. The lowest BCUT2D eigenvalue weighted by molar-refractivity contribution is -0.384. The van der Waals surface area contributed by atoms with E-state index < -0.39 is 4.92 Å². The van der Waals surface area contributed by atoms with Crippen LogP contribution in [0.15, 0.2) is 36.4 Å². The molecule has 0 bridgehead atoms. The van der Waals surface area contributed by atoms with Gasteiger partial charge >= 0.3 is 0 Å². The molecule has 0 aliphatic carbocycles. The van der Waals surface area contributed by atoms with E-state index in [-0.39, 0.29) is 22.0 Å². The molecule has 0 unspecified atom stereocenters. The van der Waals surface area contributed by atoms with Crippen molar-refractivity contribution in [3.63, 3.8) is 0 Å². The Balaban J connectivity index is 1.87. The highest BCUT2D eigenvalue weighted by atomic mass is 35.5. The minimum atomic E-state index is -0.421. The molecule has 6 nitrogen and oxygen atoms in total. The van der Waals surface area contributed by atoms with Crippen LogP contribution in [0.4, 0.5) is 17.1 Å². The van der Waals surface area contributed by atoms with Crippen molar-refractivity contribution < 1.29 is 9.72 Å². The molecule has 1 aliphatic heterocycles. The Bertz CT molecular complexity index is 943. The van der Waals surface area contributed by atoms with E-state index in [0.29, 0.717) is 22.9 Å². The highest BCUT2D eigenvalue weighted by Gasteiger charge is 2.26. The average molecular weight is 430 g/mol. The number of carbonyl (C=O) groups excluding carboxylic acids is 1. The van der Waals surface area contributed by atoms with E-state index in [0.717, 1.165) is 31.5 Å². The van der Waals surface area contributed by atoms with Crippen LogP contribution in [0.2, 0.25) is 5.02 Å². The van der Waals surface area contributed by atoms with Gasteiger partial charge in [-0.25, -0.2) is 0 Å². The zero-order chi connectivity index (χ0) is 22.1. The van der Waals surface area contributed by atoms with Crippen LogP contribution in [0.1, 0.15) is 56.5 Å². The number of hydrogen-bond acceptors (Lipinski definition) is 4. The number of anilines is 2. The van der Waals surface area contributed by atoms with E-state index in [1.165, 1.54) is 6.07 Å². The summed E-state index contributed by atoms with van der Waals surface area (Å²) in [6.07, 6.45) is 1.95. The van der Waals surface area contributed by atoms with Gasteiger partial charge in [0, 0.05) is 24.7 Å². The van der Waals surface area contributed by atoms with Crippen molar-refractivity contribution in [1.29, 1.82) is 0 Å². The van der Waals surface area contributed by atoms with Crippen LogP contribution in [0.25, 0.3) is 0 Å². The maximum atomic E-state index is 12.8. The molecule has 2 aromatic rings. The maximum absolute atomic E-state index is 12.8. The molecule has 3 rings (SSSR count). The topological polar surface area (TPSA) is 75.5 Å². The summed E-state index contributed by atoms with van der Waals surface area (Å²) in [7, 11) is 0. The van der Waals surface area contributed by atoms with Gasteiger partial charge in [0.25, 0.3) is 11.6 Å². The number of nitrogens with one attached hydrogen (secondary N) is 1. The second-order valence-electron chi connectivity index (χ2n) is 9.03. The van der Waals surface area contributed by atoms with Crippen molar-refractivity contribution in [1.82, 2.24) is 0 Å². The molecule has 0 radical (unpaired) electrons. The molecule has 1 saturated heterocycles. The molecule has 2 aromatic carbocycles. The summed E-state index contributed by atoms with van der Waals surface area (Å²) in [5.41, 5.74) is 2.47. The minimum absolute atomic E-state index is 0.00246. The van der Waals surface area contributed by atoms with Crippen molar-refractivity contribution in [3.8, 4) is 0 Å². The Morgan fingerprint density at radius 2 is 1.77 bits per heavy atom. The van der Waals surface area contributed by atoms with Crippen molar-refractivity contribution in [2.45, 2.75) is 46.0 Å². The van der Waals surface area contributed by atoms with Gasteiger partial charge in [-0.1, -0.05) is 51.4 Å². The number of benzene rings is 2. The van der Waals surface area contributed by atoms with Crippen LogP contribution in [0.3, 0.4) is 0 Å². The third-order valence-corrected chi connectivity index (χ3v) is 5.96. The predicted molar refractivity (Wildman–Crippen MR) is 122 cm³/mol. The Kier molecular flexibility index (Phi) is 6.36. The van der Waals surface area contributed by atoms with Crippen molar-refractivity contribution in [3.05, 3.63) is 62.7 Å². The number of rotatable bonds is 4. The molecule has 7 heteroatoms. The van der Waals surface area contributed by atoms with Gasteiger partial charge in [-0.05, 0) is 47.9 Å².